The molecule has 1 rings (SSSR count). The zero-order valence-corrected chi connectivity index (χ0v) is 7.29. The van der Waals surface area contributed by atoms with Crippen LogP contribution in [0, 0.1) is 0 Å². The highest BCUT2D eigenvalue weighted by Crippen LogP contribution is 1.94. The Morgan fingerprint density at radius 1 is 1.25 bits per heavy atom. The topological polar surface area (TPSA) is 56.0 Å². The molecule has 0 bridgehead atoms. The van der Waals surface area contributed by atoms with Gasteiger partial charge in [-0.2, -0.15) is 0 Å². The van der Waals surface area contributed by atoms with Gasteiger partial charge in [0.2, 0.25) is 0 Å². The van der Waals surface area contributed by atoms with E-state index in [2.05, 4.69) is 5.32 Å². The molecule has 5 heteroatoms. The van der Waals surface area contributed by atoms with Gasteiger partial charge in [-0.25, -0.2) is 4.79 Å². The van der Waals surface area contributed by atoms with E-state index in [1.807, 2.05) is 0 Å². The van der Waals surface area contributed by atoms with Crippen LogP contribution in [0.2, 0.25) is 0 Å². The maximum absolute atomic E-state index is 11.3. The third-order valence-corrected chi connectivity index (χ3v) is 1.78. The van der Waals surface area contributed by atoms with Gasteiger partial charge in [-0.05, 0) is 0 Å². The van der Waals surface area contributed by atoms with E-state index < -0.39 is 0 Å². The van der Waals surface area contributed by atoms with Crippen LogP contribution in [0.25, 0.3) is 0 Å². The summed E-state index contributed by atoms with van der Waals surface area (Å²) in [5, 5.41) is 2.75. The highest BCUT2D eigenvalue weighted by Gasteiger charge is 2.02. The summed E-state index contributed by atoms with van der Waals surface area (Å²) in [5.41, 5.74) is -0.630. The normalized spacial score (nSPS) is 9.92. The molecule has 0 aromatic carbocycles. The van der Waals surface area contributed by atoms with Gasteiger partial charge in [-0.3, -0.25) is 13.9 Å². The van der Waals surface area contributed by atoms with Gasteiger partial charge in [0.05, 0.1) is 0 Å². The second-order valence-electron chi connectivity index (χ2n) is 2.52. The van der Waals surface area contributed by atoms with Gasteiger partial charge in [0.1, 0.15) is 5.82 Å². The van der Waals surface area contributed by atoms with Crippen LogP contribution in [-0.4, -0.2) is 16.2 Å². The van der Waals surface area contributed by atoms with Crippen molar-refractivity contribution < 1.29 is 0 Å². The second-order valence-corrected chi connectivity index (χ2v) is 2.52. The van der Waals surface area contributed by atoms with Crippen molar-refractivity contribution in [3.8, 4) is 0 Å². The molecule has 0 spiro atoms. The molecule has 0 aliphatic carbocycles. The smallest absolute Gasteiger partial charge is 0.332 e. The molecule has 0 aliphatic heterocycles. The van der Waals surface area contributed by atoms with Crippen molar-refractivity contribution in [1.29, 1.82) is 0 Å². The van der Waals surface area contributed by atoms with Crippen LogP contribution in [0.3, 0.4) is 0 Å². The van der Waals surface area contributed by atoms with Gasteiger partial charge in [-0.1, -0.05) is 0 Å². The molecule has 0 unspecified atom stereocenters. The number of hydrogen-bond donors (Lipinski definition) is 1. The largest absolute Gasteiger partial charge is 0.374 e. The van der Waals surface area contributed by atoms with Crippen LogP contribution < -0.4 is 16.6 Å². The Kier molecular flexibility index (Phi) is 2.03. The molecule has 5 nitrogen and oxygen atoms in total. The van der Waals surface area contributed by atoms with Crippen molar-refractivity contribution in [3.05, 3.63) is 26.9 Å². The molecule has 1 heterocycles. The number of anilines is 1. The first-order valence-electron chi connectivity index (χ1n) is 3.52. The summed E-state index contributed by atoms with van der Waals surface area (Å²) < 4.78 is 2.43. The fourth-order valence-corrected chi connectivity index (χ4v) is 0.973. The van der Waals surface area contributed by atoms with Gasteiger partial charge in [-0.15, -0.1) is 0 Å². The average molecular weight is 169 g/mol. The molecule has 66 valence electrons. The van der Waals surface area contributed by atoms with E-state index in [1.54, 1.807) is 14.1 Å². The third kappa shape index (κ3) is 1.13. The van der Waals surface area contributed by atoms with Crippen molar-refractivity contribution in [1.82, 2.24) is 9.13 Å². The first kappa shape index (κ1) is 8.58. The summed E-state index contributed by atoms with van der Waals surface area (Å²) >= 11 is 0. The number of rotatable bonds is 1. The Morgan fingerprint density at radius 3 is 2.33 bits per heavy atom. The number of hydrogen-bond acceptors (Lipinski definition) is 3. The molecular weight excluding hydrogens is 158 g/mol. The van der Waals surface area contributed by atoms with Gasteiger partial charge in [0, 0.05) is 27.2 Å². The first-order chi connectivity index (χ1) is 5.57. The summed E-state index contributed by atoms with van der Waals surface area (Å²) in [6.45, 7) is 0. The number of aromatic nitrogens is 2. The molecule has 12 heavy (non-hydrogen) atoms. The van der Waals surface area contributed by atoms with Crippen molar-refractivity contribution in [2.45, 2.75) is 0 Å². The molecule has 0 saturated carbocycles. The van der Waals surface area contributed by atoms with E-state index in [0.717, 1.165) is 4.57 Å². The van der Waals surface area contributed by atoms with Gasteiger partial charge in [0.25, 0.3) is 5.56 Å². The van der Waals surface area contributed by atoms with Crippen molar-refractivity contribution in [2.75, 3.05) is 12.4 Å². The second kappa shape index (κ2) is 2.84. The predicted molar refractivity (Wildman–Crippen MR) is 46.5 cm³/mol. The van der Waals surface area contributed by atoms with E-state index >= 15 is 0 Å². The van der Waals surface area contributed by atoms with Crippen LogP contribution in [0.15, 0.2) is 15.7 Å². The van der Waals surface area contributed by atoms with Crippen molar-refractivity contribution in [2.24, 2.45) is 14.1 Å². The average Bonchev–Trinajstić information content (AvgIpc) is 2.08. The summed E-state index contributed by atoms with van der Waals surface area (Å²) in [4.78, 5) is 22.3. The minimum Gasteiger partial charge on any atom is -0.374 e. The summed E-state index contributed by atoms with van der Waals surface area (Å²) in [6.07, 6.45) is 0. The molecule has 0 radical (unpaired) electrons. The lowest BCUT2D eigenvalue weighted by atomic mass is 10.5. The summed E-state index contributed by atoms with van der Waals surface area (Å²) in [5.74, 6) is 0.517. The van der Waals surface area contributed by atoms with E-state index in [1.165, 1.54) is 17.7 Å². The van der Waals surface area contributed by atoms with Crippen LogP contribution in [0.4, 0.5) is 5.82 Å². The van der Waals surface area contributed by atoms with E-state index in [0.29, 0.717) is 5.82 Å². The summed E-state index contributed by atoms with van der Waals surface area (Å²) in [7, 11) is 4.71. The standard InChI is InChI=1S/C7H11N3O2/c1-8-5-4-6(11)10(3)7(12)9(5)2/h4,8H,1-3H3. The molecule has 0 saturated heterocycles. The van der Waals surface area contributed by atoms with Crippen molar-refractivity contribution in [3.63, 3.8) is 0 Å². The highest BCUT2D eigenvalue weighted by molar-refractivity contribution is 5.32. The zero-order valence-electron chi connectivity index (χ0n) is 7.29. The molecule has 0 atom stereocenters. The Hall–Kier alpha value is -1.52. The molecular formula is C7H11N3O2. The Morgan fingerprint density at radius 2 is 1.83 bits per heavy atom. The lowest BCUT2D eigenvalue weighted by Crippen LogP contribution is -2.37. The van der Waals surface area contributed by atoms with Crippen molar-refractivity contribution >= 4 is 5.82 Å². The SMILES string of the molecule is CNc1cc(=O)n(C)c(=O)n1C. The van der Waals surface area contributed by atoms with Crippen LogP contribution >= 0.6 is 0 Å². The Balaban J connectivity index is 3.61. The molecule has 0 fully saturated rings. The third-order valence-electron chi connectivity index (χ3n) is 1.78. The molecule has 0 aliphatic rings. The molecule has 0 amide bonds. The van der Waals surface area contributed by atoms with Crippen LogP contribution in [-0.2, 0) is 14.1 Å². The summed E-state index contributed by atoms with van der Waals surface area (Å²) in [6, 6.07) is 1.38. The fraction of sp³-hybridized carbons (Fsp3) is 0.429. The minimum absolute atomic E-state index is 0.303. The lowest BCUT2D eigenvalue weighted by Gasteiger charge is -2.07. The van der Waals surface area contributed by atoms with Gasteiger partial charge in [0.15, 0.2) is 0 Å². The molecule has 1 aromatic heterocycles. The molecule has 1 N–H and O–H groups in total. The van der Waals surface area contributed by atoms with Crippen LogP contribution in [0.5, 0.6) is 0 Å². The maximum atomic E-state index is 11.3. The predicted octanol–water partition coefficient (Wildman–Crippen LogP) is -0.874. The zero-order chi connectivity index (χ0) is 9.30. The highest BCUT2D eigenvalue weighted by atomic mass is 16.2. The lowest BCUT2D eigenvalue weighted by molar-refractivity contribution is 0.691. The van der Waals surface area contributed by atoms with Gasteiger partial charge < -0.3 is 5.32 Å². The molecule has 1 aromatic rings. The van der Waals surface area contributed by atoms with E-state index in [-0.39, 0.29) is 11.2 Å². The Bertz CT molecular complexity index is 402. The first-order valence-corrected chi connectivity index (χ1v) is 3.52. The van der Waals surface area contributed by atoms with Crippen LogP contribution in [0.1, 0.15) is 0 Å². The van der Waals surface area contributed by atoms with Gasteiger partial charge >= 0.3 is 5.69 Å². The number of nitrogens with one attached hydrogen (secondary N) is 1. The fourth-order valence-electron chi connectivity index (χ4n) is 0.973. The van der Waals surface area contributed by atoms with E-state index in [4.69, 9.17) is 0 Å². The maximum Gasteiger partial charge on any atom is 0.332 e. The quantitative estimate of drug-likeness (QED) is 0.594. The Labute approximate surface area is 69.3 Å². The number of nitrogens with zero attached hydrogens (tertiary/aromatic N) is 2. The monoisotopic (exact) mass is 169 g/mol. The van der Waals surface area contributed by atoms with E-state index in [9.17, 15) is 9.59 Å². The minimum atomic E-state index is -0.327.